The van der Waals surface area contributed by atoms with Crippen molar-refractivity contribution >= 4 is 11.8 Å². The van der Waals surface area contributed by atoms with E-state index in [-0.39, 0.29) is 23.9 Å². The van der Waals surface area contributed by atoms with Crippen LogP contribution in [0.1, 0.15) is 20.8 Å². The number of rotatable bonds is 5. The molecule has 4 heteroatoms. The monoisotopic (exact) mass is 286 g/mol. The Hall–Kier alpha value is -2.36. The summed E-state index contributed by atoms with van der Waals surface area (Å²) in [6.07, 6.45) is 9.46. The smallest absolute Gasteiger partial charge is 0.246 e. The molecule has 4 nitrogen and oxygen atoms in total. The molecule has 0 saturated heterocycles. The maximum atomic E-state index is 11.9. The molecule has 0 aromatic heterocycles. The molecule has 0 saturated carbocycles. The number of hydrogen-bond donors (Lipinski definition) is 2. The van der Waals surface area contributed by atoms with E-state index in [9.17, 15) is 9.59 Å². The fraction of sp³-hybridized carbons (Fsp3) is 0.294. The van der Waals surface area contributed by atoms with Crippen molar-refractivity contribution in [3.8, 4) is 0 Å². The van der Waals surface area contributed by atoms with Gasteiger partial charge >= 0.3 is 0 Å². The summed E-state index contributed by atoms with van der Waals surface area (Å²) in [5, 5.41) is 5.73. The van der Waals surface area contributed by atoms with Gasteiger partial charge in [-0.05, 0) is 26.3 Å². The Kier molecular flexibility index (Phi) is 5.91. The first kappa shape index (κ1) is 16.7. The number of nitrogens with one attached hydrogen (secondary N) is 2. The van der Waals surface area contributed by atoms with Crippen molar-refractivity contribution in [3.05, 3.63) is 60.3 Å². The molecule has 0 aliphatic heterocycles. The quantitative estimate of drug-likeness (QED) is 0.761. The van der Waals surface area contributed by atoms with Crippen LogP contribution in [0.4, 0.5) is 0 Å². The lowest BCUT2D eigenvalue weighted by atomic mass is 10.1. The van der Waals surface area contributed by atoms with E-state index in [1.165, 1.54) is 0 Å². The molecular formula is C17H22N2O2. The standard InChI is InChI=1S/C17H22N2O2/c1-6-7-8-13-9-10-14(18-16(20)11(2)3)15(13)19-17(21)12(4)5/h6-10,14-15H,2,4H2,1,3,5H3,(H,18,20)(H,19,21)/b7-6-,13-8+. The van der Waals surface area contributed by atoms with Gasteiger partial charge in [0.15, 0.2) is 0 Å². The zero-order valence-electron chi connectivity index (χ0n) is 12.8. The normalized spacial score (nSPS) is 22.5. The van der Waals surface area contributed by atoms with Crippen LogP contribution in [-0.2, 0) is 9.59 Å². The molecule has 1 aliphatic rings. The van der Waals surface area contributed by atoms with E-state index in [0.717, 1.165) is 5.57 Å². The Morgan fingerprint density at radius 3 is 2.24 bits per heavy atom. The van der Waals surface area contributed by atoms with Gasteiger partial charge < -0.3 is 10.6 Å². The van der Waals surface area contributed by atoms with Crippen LogP contribution in [0.25, 0.3) is 0 Å². The van der Waals surface area contributed by atoms with E-state index in [1.807, 2.05) is 37.3 Å². The average Bonchev–Trinajstić information content (AvgIpc) is 2.78. The number of carbonyl (C=O) groups is 2. The highest BCUT2D eigenvalue weighted by atomic mass is 16.2. The minimum absolute atomic E-state index is 0.230. The maximum Gasteiger partial charge on any atom is 0.246 e. The predicted molar refractivity (Wildman–Crippen MR) is 85.5 cm³/mol. The molecule has 112 valence electrons. The number of hydrogen-bond acceptors (Lipinski definition) is 2. The number of carbonyl (C=O) groups excluding carboxylic acids is 2. The molecule has 0 fully saturated rings. The largest absolute Gasteiger partial charge is 0.344 e. The first-order chi connectivity index (χ1) is 9.86. The molecule has 2 amide bonds. The number of amides is 2. The molecule has 0 bridgehead atoms. The van der Waals surface area contributed by atoms with Crippen LogP contribution in [0.3, 0.4) is 0 Å². The van der Waals surface area contributed by atoms with Gasteiger partial charge in [-0.3, -0.25) is 9.59 Å². The highest BCUT2D eigenvalue weighted by Crippen LogP contribution is 2.19. The second kappa shape index (κ2) is 7.43. The molecule has 0 aromatic carbocycles. The van der Waals surface area contributed by atoms with Crippen molar-refractivity contribution < 1.29 is 9.59 Å². The van der Waals surface area contributed by atoms with Crippen LogP contribution in [0.2, 0.25) is 0 Å². The van der Waals surface area contributed by atoms with Crippen LogP contribution in [0.5, 0.6) is 0 Å². The number of allylic oxidation sites excluding steroid dienone is 3. The third-order valence-corrected chi connectivity index (χ3v) is 3.05. The predicted octanol–water partition coefficient (Wildman–Crippen LogP) is 2.18. The molecule has 21 heavy (non-hydrogen) atoms. The zero-order chi connectivity index (χ0) is 16.0. The van der Waals surface area contributed by atoms with Gasteiger partial charge in [-0.25, -0.2) is 0 Å². The van der Waals surface area contributed by atoms with Crippen LogP contribution < -0.4 is 10.6 Å². The summed E-state index contributed by atoms with van der Waals surface area (Å²) in [4.78, 5) is 23.6. The van der Waals surface area contributed by atoms with E-state index in [1.54, 1.807) is 13.8 Å². The van der Waals surface area contributed by atoms with Gasteiger partial charge in [0.1, 0.15) is 0 Å². The van der Waals surface area contributed by atoms with Gasteiger partial charge in [0, 0.05) is 11.1 Å². The second-order valence-electron chi connectivity index (χ2n) is 5.06. The van der Waals surface area contributed by atoms with Gasteiger partial charge in [-0.1, -0.05) is 43.5 Å². The Labute approximate surface area is 126 Å². The zero-order valence-corrected chi connectivity index (χ0v) is 12.8. The molecule has 1 rings (SSSR count). The maximum absolute atomic E-state index is 11.9. The molecule has 0 spiro atoms. The highest BCUT2D eigenvalue weighted by molar-refractivity contribution is 5.94. The lowest BCUT2D eigenvalue weighted by Crippen LogP contribution is -2.49. The van der Waals surface area contributed by atoms with Crippen molar-refractivity contribution in [1.82, 2.24) is 10.6 Å². The molecule has 0 radical (unpaired) electrons. The van der Waals surface area contributed by atoms with Gasteiger partial charge in [0.2, 0.25) is 11.8 Å². The summed E-state index contributed by atoms with van der Waals surface area (Å²) < 4.78 is 0. The van der Waals surface area contributed by atoms with Crippen LogP contribution in [0.15, 0.2) is 60.3 Å². The highest BCUT2D eigenvalue weighted by Gasteiger charge is 2.29. The topological polar surface area (TPSA) is 58.2 Å². The lowest BCUT2D eigenvalue weighted by molar-refractivity contribution is -0.120. The Morgan fingerprint density at radius 1 is 1.14 bits per heavy atom. The fourth-order valence-corrected chi connectivity index (χ4v) is 1.85. The van der Waals surface area contributed by atoms with Gasteiger partial charge in [-0.15, -0.1) is 0 Å². The van der Waals surface area contributed by atoms with Crippen molar-refractivity contribution in [2.24, 2.45) is 0 Å². The van der Waals surface area contributed by atoms with E-state index in [0.29, 0.717) is 11.1 Å². The molecule has 0 aromatic rings. The van der Waals surface area contributed by atoms with E-state index < -0.39 is 0 Å². The van der Waals surface area contributed by atoms with E-state index in [2.05, 4.69) is 23.8 Å². The molecule has 2 atom stereocenters. The fourth-order valence-electron chi connectivity index (χ4n) is 1.85. The Balaban J connectivity index is 2.94. The minimum atomic E-state index is -0.311. The summed E-state index contributed by atoms with van der Waals surface area (Å²) in [6, 6.07) is -0.609. The van der Waals surface area contributed by atoms with Crippen molar-refractivity contribution in [1.29, 1.82) is 0 Å². The van der Waals surface area contributed by atoms with E-state index in [4.69, 9.17) is 0 Å². The van der Waals surface area contributed by atoms with Gasteiger partial charge in [0.25, 0.3) is 0 Å². The third-order valence-electron chi connectivity index (χ3n) is 3.05. The summed E-state index contributed by atoms with van der Waals surface area (Å²) in [7, 11) is 0. The summed E-state index contributed by atoms with van der Waals surface area (Å²) in [5.74, 6) is -0.462. The first-order valence-corrected chi connectivity index (χ1v) is 6.80. The molecule has 1 aliphatic carbocycles. The third kappa shape index (κ3) is 4.60. The van der Waals surface area contributed by atoms with Crippen LogP contribution in [0, 0.1) is 0 Å². The Bertz CT molecular complexity index is 553. The second-order valence-corrected chi connectivity index (χ2v) is 5.06. The summed E-state index contributed by atoms with van der Waals surface area (Å²) >= 11 is 0. The van der Waals surface area contributed by atoms with E-state index >= 15 is 0 Å². The average molecular weight is 286 g/mol. The molecule has 2 N–H and O–H groups in total. The molecule has 2 unspecified atom stereocenters. The Morgan fingerprint density at radius 2 is 1.71 bits per heavy atom. The van der Waals surface area contributed by atoms with Gasteiger partial charge in [0.05, 0.1) is 12.1 Å². The van der Waals surface area contributed by atoms with Crippen molar-refractivity contribution in [2.75, 3.05) is 0 Å². The molecule has 0 heterocycles. The molecular weight excluding hydrogens is 264 g/mol. The van der Waals surface area contributed by atoms with Gasteiger partial charge in [-0.2, -0.15) is 0 Å². The van der Waals surface area contributed by atoms with Crippen LogP contribution in [-0.4, -0.2) is 23.9 Å². The summed E-state index contributed by atoms with van der Waals surface area (Å²) in [5.41, 5.74) is 1.78. The van der Waals surface area contributed by atoms with Crippen molar-refractivity contribution in [2.45, 2.75) is 32.9 Å². The van der Waals surface area contributed by atoms with Crippen LogP contribution >= 0.6 is 0 Å². The summed E-state index contributed by atoms with van der Waals surface area (Å²) in [6.45, 7) is 12.5. The SMILES string of the molecule is C=C(C)C(=O)NC1C=C/C(=C\C=C/C)C1NC(=O)C(=C)C. The lowest BCUT2D eigenvalue weighted by Gasteiger charge is -2.23. The minimum Gasteiger partial charge on any atom is -0.344 e. The first-order valence-electron chi connectivity index (χ1n) is 6.80. The van der Waals surface area contributed by atoms with Crippen molar-refractivity contribution in [3.63, 3.8) is 0 Å².